The van der Waals surface area contributed by atoms with Crippen LogP contribution < -0.4 is 5.32 Å². The van der Waals surface area contributed by atoms with Gasteiger partial charge in [-0.2, -0.15) is 0 Å². The van der Waals surface area contributed by atoms with Gasteiger partial charge < -0.3 is 10.4 Å². The number of nitrogens with one attached hydrogen (secondary N) is 1. The van der Waals surface area contributed by atoms with Gasteiger partial charge in [-0.15, -0.1) is 0 Å². The van der Waals surface area contributed by atoms with E-state index in [-0.39, 0.29) is 0 Å². The molecule has 0 spiro atoms. The molecule has 0 saturated carbocycles. The van der Waals surface area contributed by atoms with Crippen LogP contribution in [0.25, 0.3) is 0 Å². The summed E-state index contributed by atoms with van der Waals surface area (Å²) in [7, 11) is 0. The molecule has 3 nitrogen and oxygen atoms in total. The number of nitrogens with zero attached hydrogens (tertiary/aromatic N) is 1. The van der Waals surface area contributed by atoms with Gasteiger partial charge in [0.2, 0.25) is 0 Å². The fourth-order valence-corrected chi connectivity index (χ4v) is 1.05. The molecule has 0 atom stereocenters. The van der Waals surface area contributed by atoms with Crippen LogP contribution in [0.5, 0.6) is 5.75 Å². The summed E-state index contributed by atoms with van der Waals surface area (Å²) in [5, 5.41) is 12.5. The second-order valence-electron chi connectivity index (χ2n) is 2.97. The first-order valence-corrected chi connectivity index (χ1v) is 4.10. The van der Waals surface area contributed by atoms with E-state index in [1.54, 1.807) is 6.07 Å². The molecular weight excluding hydrogens is 152 g/mol. The van der Waals surface area contributed by atoms with Crippen molar-refractivity contribution in [1.82, 2.24) is 4.90 Å². The highest BCUT2D eigenvalue weighted by molar-refractivity contribution is 5.55. The molecule has 1 aliphatic heterocycles. The van der Waals surface area contributed by atoms with Gasteiger partial charge >= 0.3 is 0 Å². The van der Waals surface area contributed by atoms with Gasteiger partial charge in [0.1, 0.15) is 5.75 Å². The molecule has 0 aliphatic carbocycles. The van der Waals surface area contributed by atoms with Crippen molar-refractivity contribution in [3.8, 4) is 5.75 Å². The third-order valence-corrected chi connectivity index (χ3v) is 1.94. The third kappa shape index (κ3) is 1.68. The Kier molecular flexibility index (Phi) is 1.87. The molecule has 0 aromatic heterocycles. The summed E-state index contributed by atoms with van der Waals surface area (Å²) in [6, 6.07) is 7.28. The first-order chi connectivity index (χ1) is 5.86. The van der Waals surface area contributed by atoms with E-state index in [4.69, 9.17) is 0 Å². The Hall–Kier alpha value is -1.22. The van der Waals surface area contributed by atoms with Gasteiger partial charge in [0.25, 0.3) is 0 Å². The molecule has 1 heterocycles. The highest BCUT2D eigenvalue weighted by Gasteiger charge is 2.15. The number of phenols is 1. The van der Waals surface area contributed by atoms with Gasteiger partial charge in [-0.25, -0.2) is 0 Å². The van der Waals surface area contributed by atoms with Gasteiger partial charge in [-0.1, -0.05) is 12.1 Å². The van der Waals surface area contributed by atoms with E-state index in [0.29, 0.717) is 5.75 Å². The molecular formula is C9H12N2O. The van der Waals surface area contributed by atoms with Gasteiger partial charge in [-0.05, 0) is 12.1 Å². The van der Waals surface area contributed by atoms with Gasteiger partial charge in [0.05, 0.1) is 12.4 Å². The quantitative estimate of drug-likeness (QED) is 0.518. The van der Waals surface area contributed by atoms with Crippen LogP contribution in [0.3, 0.4) is 0 Å². The first-order valence-electron chi connectivity index (χ1n) is 4.10. The lowest BCUT2D eigenvalue weighted by Gasteiger charge is -2.07. The predicted octanol–water partition coefficient (Wildman–Crippen LogP) is 1.08. The summed E-state index contributed by atoms with van der Waals surface area (Å²) in [4.78, 5) is 2.24. The number of hydrogen-bond acceptors (Lipinski definition) is 3. The van der Waals surface area contributed by atoms with Crippen molar-refractivity contribution in [1.29, 1.82) is 0 Å². The van der Waals surface area contributed by atoms with E-state index < -0.39 is 0 Å². The van der Waals surface area contributed by atoms with Crippen LogP contribution in [0.1, 0.15) is 0 Å². The van der Waals surface area contributed by atoms with Crippen LogP contribution >= 0.6 is 0 Å². The van der Waals surface area contributed by atoms with Gasteiger partial charge in [0, 0.05) is 13.1 Å². The van der Waals surface area contributed by atoms with Crippen molar-refractivity contribution in [3.05, 3.63) is 24.3 Å². The van der Waals surface area contributed by atoms with Crippen molar-refractivity contribution >= 4 is 5.69 Å². The Morgan fingerprint density at radius 2 is 2.08 bits per heavy atom. The Bertz CT molecular complexity index is 271. The maximum atomic E-state index is 9.36. The smallest absolute Gasteiger partial charge is 0.138 e. The van der Waals surface area contributed by atoms with Crippen LogP contribution in [0, 0.1) is 0 Å². The van der Waals surface area contributed by atoms with E-state index in [9.17, 15) is 5.11 Å². The number of anilines is 1. The molecule has 0 radical (unpaired) electrons. The standard InChI is InChI=1S/C9H12N2O/c12-9-4-2-1-3-8(9)10-7-11-5-6-11/h1-4,10,12H,5-7H2. The van der Waals surface area contributed by atoms with E-state index >= 15 is 0 Å². The maximum absolute atomic E-state index is 9.36. The largest absolute Gasteiger partial charge is 0.506 e. The van der Waals surface area contributed by atoms with E-state index in [1.165, 1.54) is 13.1 Å². The Morgan fingerprint density at radius 3 is 2.75 bits per heavy atom. The van der Waals surface area contributed by atoms with Crippen molar-refractivity contribution in [2.45, 2.75) is 0 Å². The number of phenolic OH excluding ortho intramolecular Hbond substituents is 1. The SMILES string of the molecule is Oc1ccccc1NCN1CC1. The second kappa shape index (κ2) is 3.03. The van der Waals surface area contributed by atoms with Crippen LogP contribution in [0.2, 0.25) is 0 Å². The van der Waals surface area contributed by atoms with Crippen LogP contribution in [-0.2, 0) is 0 Å². The lowest BCUT2D eigenvalue weighted by Crippen LogP contribution is -2.10. The average Bonchev–Trinajstić information content (AvgIpc) is 2.86. The Labute approximate surface area is 71.6 Å². The average molecular weight is 164 g/mol. The minimum atomic E-state index is 0.319. The second-order valence-corrected chi connectivity index (χ2v) is 2.97. The molecule has 1 fully saturated rings. The van der Waals surface area contributed by atoms with Crippen LogP contribution in [0.4, 0.5) is 5.69 Å². The third-order valence-electron chi connectivity index (χ3n) is 1.94. The molecule has 0 amide bonds. The summed E-state index contributed by atoms with van der Waals surface area (Å²) in [5.41, 5.74) is 0.810. The number of rotatable bonds is 3. The molecule has 1 saturated heterocycles. The molecule has 0 unspecified atom stereocenters. The van der Waals surface area contributed by atoms with Crippen molar-refractivity contribution < 1.29 is 5.11 Å². The van der Waals surface area contributed by atoms with Crippen LogP contribution in [-0.4, -0.2) is 29.8 Å². The number of para-hydroxylation sites is 2. The summed E-state index contributed by atoms with van der Waals surface area (Å²) in [6.07, 6.45) is 0. The highest BCUT2D eigenvalue weighted by atomic mass is 16.3. The van der Waals surface area contributed by atoms with E-state index in [2.05, 4.69) is 10.2 Å². The fraction of sp³-hybridized carbons (Fsp3) is 0.333. The molecule has 3 heteroatoms. The lowest BCUT2D eigenvalue weighted by molar-refractivity contribution is 0.475. The zero-order valence-electron chi connectivity index (χ0n) is 6.83. The summed E-state index contributed by atoms with van der Waals surface area (Å²) in [5.74, 6) is 0.319. The number of hydrogen-bond donors (Lipinski definition) is 2. The zero-order chi connectivity index (χ0) is 8.39. The van der Waals surface area contributed by atoms with Crippen LogP contribution in [0.15, 0.2) is 24.3 Å². The first kappa shape index (κ1) is 7.43. The highest BCUT2D eigenvalue weighted by Crippen LogP contribution is 2.21. The summed E-state index contributed by atoms with van der Waals surface area (Å²) < 4.78 is 0. The van der Waals surface area contributed by atoms with Crippen molar-refractivity contribution in [2.24, 2.45) is 0 Å². The Morgan fingerprint density at radius 1 is 1.33 bits per heavy atom. The zero-order valence-corrected chi connectivity index (χ0v) is 6.83. The van der Waals surface area contributed by atoms with Crippen molar-refractivity contribution in [3.63, 3.8) is 0 Å². The summed E-state index contributed by atoms with van der Waals surface area (Å²) in [6.45, 7) is 3.17. The number of aromatic hydroxyl groups is 1. The predicted molar refractivity (Wildman–Crippen MR) is 48.2 cm³/mol. The van der Waals surface area contributed by atoms with E-state index in [1.807, 2.05) is 18.2 Å². The van der Waals surface area contributed by atoms with Gasteiger partial charge in [0.15, 0.2) is 0 Å². The molecule has 1 aliphatic rings. The monoisotopic (exact) mass is 164 g/mol. The van der Waals surface area contributed by atoms with Gasteiger partial charge in [-0.3, -0.25) is 4.90 Å². The maximum Gasteiger partial charge on any atom is 0.138 e. The minimum absolute atomic E-state index is 0.319. The normalized spacial score (nSPS) is 16.0. The molecule has 2 rings (SSSR count). The molecule has 1 aromatic rings. The molecule has 1 aromatic carbocycles. The van der Waals surface area contributed by atoms with E-state index in [0.717, 1.165) is 12.4 Å². The Balaban J connectivity index is 1.96. The van der Waals surface area contributed by atoms with Crippen molar-refractivity contribution in [2.75, 3.05) is 25.1 Å². The fourth-order valence-electron chi connectivity index (χ4n) is 1.05. The molecule has 64 valence electrons. The summed E-state index contributed by atoms with van der Waals surface area (Å²) >= 11 is 0. The number of benzene rings is 1. The molecule has 0 bridgehead atoms. The molecule has 2 N–H and O–H groups in total. The lowest BCUT2D eigenvalue weighted by atomic mass is 10.3. The molecule has 12 heavy (non-hydrogen) atoms. The topological polar surface area (TPSA) is 35.3 Å². The minimum Gasteiger partial charge on any atom is -0.506 e.